The molecule has 0 atom stereocenters. The van der Waals surface area contributed by atoms with Crippen molar-refractivity contribution in [1.29, 1.82) is 0 Å². The van der Waals surface area contributed by atoms with Crippen molar-refractivity contribution in [2.45, 2.75) is 20.0 Å². The van der Waals surface area contributed by atoms with Gasteiger partial charge in [0.05, 0.1) is 18.5 Å². The smallest absolute Gasteiger partial charge is 0.330 e. The number of aromatic nitrogens is 5. The summed E-state index contributed by atoms with van der Waals surface area (Å²) in [6, 6.07) is 0.212. The number of nitrogen functional groups attached to an aromatic ring is 1. The lowest BCUT2D eigenvalue weighted by molar-refractivity contribution is 0.218. The molecule has 0 aromatic carbocycles. The highest BCUT2D eigenvalue weighted by Gasteiger charge is 2.11. The molecular weight excluding hydrogens is 250 g/mol. The molecule has 0 unspecified atom stereocenters. The highest BCUT2D eigenvalue weighted by Crippen LogP contribution is 2.19. The van der Waals surface area contributed by atoms with Gasteiger partial charge < -0.3 is 9.47 Å². The number of ether oxygens (including phenoxy) is 2. The van der Waals surface area contributed by atoms with Gasteiger partial charge in [-0.05, 0) is 13.8 Å². The summed E-state index contributed by atoms with van der Waals surface area (Å²) in [5.41, 5.74) is 2.33. The largest absolute Gasteiger partial charge is 0.461 e. The quantitative estimate of drug-likeness (QED) is 0.592. The molecule has 0 amide bonds. The minimum Gasteiger partial charge on any atom is -0.461 e. The molecule has 9 nitrogen and oxygen atoms in total. The fourth-order valence-electron chi connectivity index (χ4n) is 1.27. The van der Waals surface area contributed by atoms with Gasteiger partial charge in [-0.25, -0.2) is 5.84 Å². The summed E-state index contributed by atoms with van der Waals surface area (Å²) in [6.45, 7) is 3.72. The second-order valence-corrected chi connectivity index (χ2v) is 3.99. The maximum atomic E-state index is 5.44. The predicted molar refractivity (Wildman–Crippen MR) is 66.7 cm³/mol. The van der Waals surface area contributed by atoms with Gasteiger partial charge in [-0.1, -0.05) is 0 Å². The molecule has 0 bridgehead atoms. The number of hydrogen-bond donors (Lipinski definition) is 2. The van der Waals surface area contributed by atoms with Crippen LogP contribution in [-0.2, 0) is 7.05 Å². The number of nitrogens with zero attached hydrogens (tertiary/aromatic N) is 5. The lowest BCUT2D eigenvalue weighted by Crippen LogP contribution is -2.14. The number of nitrogens with two attached hydrogens (primary N) is 1. The van der Waals surface area contributed by atoms with Crippen LogP contribution in [0.2, 0.25) is 0 Å². The van der Waals surface area contributed by atoms with Crippen LogP contribution in [0.25, 0.3) is 0 Å². The Kier molecular flexibility index (Phi) is 3.76. The van der Waals surface area contributed by atoms with Crippen molar-refractivity contribution in [3.8, 4) is 17.8 Å². The van der Waals surface area contributed by atoms with Crippen molar-refractivity contribution in [2.24, 2.45) is 12.9 Å². The lowest BCUT2D eigenvalue weighted by atomic mass is 10.5. The summed E-state index contributed by atoms with van der Waals surface area (Å²) < 4.78 is 12.4. The number of anilines is 1. The molecule has 3 N–H and O–H groups in total. The van der Waals surface area contributed by atoms with E-state index in [1.807, 2.05) is 13.8 Å². The average molecular weight is 265 g/mol. The van der Waals surface area contributed by atoms with Crippen molar-refractivity contribution in [3.05, 3.63) is 12.4 Å². The normalized spacial score (nSPS) is 10.6. The highest BCUT2D eigenvalue weighted by molar-refractivity contribution is 5.27. The maximum absolute atomic E-state index is 5.44. The van der Waals surface area contributed by atoms with E-state index in [0.717, 1.165) is 0 Å². The minimum absolute atomic E-state index is 0.0701. The van der Waals surface area contributed by atoms with E-state index >= 15 is 0 Å². The van der Waals surface area contributed by atoms with Crippen LogP contribution in [0.3, 0.4) is 0 Å². The van der Waals surface area contributed by atoms with E-state index in [0.29, 0.717) is 5.75 Å². The molecule has 2 heterocycles. The van der Waals surface area contributed by atoms with Crippen molar-refractivity contribution in [2.75, 3.05) is 5.43 Å². The van der Waals surface area contributed by atoms with Crippen LogP contribution in [-0.4, -0.2) is 30.8 Å². The Bertz CT molecular complexity index is 555. The fourth-order valence-corrected chi connectivity index (χ4v) is 1.27. The van der Waals surface area contributed by atoms with Crippen LogP contribution in [0.5, 0.6) is 17.8 Å². The number of nitrogens with one attached hydrogen (secondary N) is 1. The van der Waals surface area contributed by atoms with Gasteiger partial charge in [0, 0.05) is 7.05 Å². The first-order valence-electron chi connectivity index (χ1n) is 5.62. The van der Waals surface area contributed by atoms with Gasteiger partial charge in [-0.2, -0.15) is 15.1 Å². The molecular formula is C10H15N7O2. The zero-order chi connectivity index (χ0) is 13.8. The predicted octanol–water partition coefficient (Wildman–Crippen LogP) is 0.470. The molecule has 2 rings (SSSR count). The van der Waals surface area contributed by atoms with Crippen LogP contribution < -0.4 is 20.7 Å². The third-order valence-electron chi connectivity index (χ3n) is 1.95. The van der Waals surface area contributed by atoms with E-state index in [1.54, 1.807) is 24.1 Å². The van der Waals surface area contributed by atoms with Gasteiger partial charge in [0.2, 0.25) is 5.95 Å². The molecule has 102 valence electrons. The third-order valence-corrected chi connectivity index (χ3v) is 1.95. The van der Waals surface area contributed by atoms with Crippen molar-refractivity contribution in [3.63, 3.8) is 0 Å². The first kappa shape index (κ1) is 13.0. The van der Waals surface area contributed by atoms with Gasteiger partial charge in [-0.15, -0.1) is 4.98 Å². The van der Waals surface area contributed by atoms with Gasteiger partial charge >= 0.3 is 12.0 Å². The molecule has 0 saturated heterocycles. The Morgan fingerprint density at radius 3 is 2.58 bits per heavy atom. The number of aryl methyl sites for hydroxylation is 1. The molecule has 9 heteroatoms. The topological polar surface area (TPSA) is 113 Å². The first-order valence-corrected chi connectivity index (χ1v) is 5.62. The Balaban J connectivity index is 2.23. The number of hydrogen-bond acceptors (Lipinski definition) is 8. The summed E-state index contributed by atoms with van der Waals surface area (Å²) >= 11 is 0. The van der Waals surface area contributed by atoms with Gasteiger partial charge in [-0.3, -0.25) is 10.1 Å². The molecule has 0 aliphatic heterocycles. The van der Waals surface area contributed by atoms with Crippen molar-refractivity contribution < 1.29 is 9.47 Å². The monoisotopic (exact) mass is 265 g/mol. The second kappa shape index (κ2) is 5.48. The number of rotatable bonds is 5. The summed E-state index contributed by atoms with van der Waals surface area (Å²) in [4.78, 5) is 12.0. The average Bonchev–Trinajstić information content (AvgIpc) is 2.73. The maximum Gasteiger partial charge on any atom is 0.330 e. The standard InChI is InChI=1S/C10H15N7O2/c1-6(2)18-9-13-8(16-11)14-10(15-9)19-7-4-12-17(3)5-7/h4-6H,11H2,1-3H3,(H,13,14,15,16). The Morgan fingerprint density at radius 1 is 1.26 bits per heavy atom. The molecule has 2 aromatic heterocycles. The molecule has 0 spiro atoms. The lowest BCUT2D eigenvalue weighted by Gasteiger charge is -2.09. The summed E-state index contributed by atoms with van der Waals surface area (Å²) in [7, 11) is 1.78. The zero-order valence-corrected chi connectivity index (χ0v) is 10.9. The van der Waals surface area contributed by atoms with Gasteiger partial charge in [0.25, 0.3) is 0 Å². The summed E-state index contributed by atoms with van der Waals surface area (Å²) in [5.74, 6) is 5.95. The van der Waals surface area contributed by atoms with Crippen molar-refractivity contribution in [1.82, 2.24) is 24.7 Å². The van der Waals surface area contributed by atoms with Crippen LogP contribution in [0.4, 0.5) is 5.95 Å². The number of hydrazine groups is 1. The highest BCUT2D eigenvalue weighted by atomic mass is 16.5. The van der Waals surface area contributed by atoms with Crippen LogP contribution in [0.1, 0.15) is 13.8 Å². The SMILES string of the molecule is CC(C)Oc1nc(NN)nc(Oc2cnn(C)c2)n1. The molecule has 0 fully saturated rings. The third kappa shape index (κ3) is 3.52. The van der Waals surface area contributed by atoms with E-state index in [1.165, 1.54) is 0 Å². The Labute approximate surface area is 109 Å². The van der Waals surface area contributed by atoms with Crippen LogP contribution in [0, 0.1) is 0 Å². The van der Waals surface area contributed by atoms with E-state index in [2.05, 4.69) is 25.5 Å². The Hall–Kier alpha value is -2.42. The molecule has 2 aromatic rings. The summed E-state index contributed by atoms with van der Waals surface area (Å²) in [5, 5.41) is 3.98. The fraction of sp³-hybridized carbons (Fsp3) is 0.400. The van der Waals surface area contributed by atoms with E-state index < -0.39 is 0 Å². The first-order chi connectivity index (χ1) is 9.06. The van der Waals surface area contributed by atoms with E-state index in [9.17, 15) is 0 Å². The van der Waals surface area contributed by atoms with E-state index in [4.69, 9.17) is 15.3 Å². The van der Waals surface area contributed by atoms with Crippen LogP contribution >= 0.6 is 0 Å². The van der Waals surface area contributed by atoms with E-state index in [-0.39, 0.29) is 24.1 Å². The summed E-state index contributed by atoms with van der Waals surface area (Å²) in [6.07, 6.45) is 3.16. The molecule has 0 aliphatic rings. The zero-order valence-electron chi connectivity index (χ0n) is 10.9. The molecule has 19 heavy (non-hydrogen) atoms. The Morgan fingerprint density at radius 2 is 2.00 bits per heavy atom. The minimum atomic E-state index is -0.0701. The molecule has 0 saturated carbocycles. The second-order valence-electron chi connectivity index (χ2n) is 3.99. The van der Waals surface area contributed by atoms with Gasteiger partial charge in [0.15, 0.2) is 5.75 Å². The van der Waals surface area contributed by atoms with Crippen molar-refractivity contribution >= 4 is 5.95 Å². The van der Waals surface area contributed by atoms with Crippen LogP contribution in [0.15, 0.2) is 12.4 Å². The van der Waals surface area contributed by atoms with Gasteiger partial charge in [0.1, 0.15) is 0 Å². The molecule has 0 aliphatic carbocycles. The molecule has 0 radical (unpaired) electrons.